The van der Waals surface area contributed by atoms with Gasteiger partial charge in [-0.05, 0) is 44.7 Å². The fourth-order valence-corrected chi connectivity index (χ4v) is 4.61. The van der Waals surface area contributed by atoms with Crippen LogP contribution in [-0.4, -0.2) is 52.3 Å². The summed E-state index contributed by atoms with van der Waals surface area (Å²) in [6.07, 6.45) is 2.74. The maximum atomic E-state index is 13.2. The molecule has 2 unspecified atom stereocenters. The molecule has 2 aliphatic heterocycles. The van der Waals surface area contributed by atoms with Gasteiger partial charge in [0.1, 0.15) is 0 Å². The van der Waals surface area contributed by atoms with Crippen LogP contribution in [0.4, 0.5) is 4.79 Å². The zero-order valence-electron chi connectivity index (χ0n) is 16.0. The standard InChI is InChI=1S/C20H23N3O5/c1-3-28-19(25)17-18(24)23(16-7-5-4-6-15(16)21-17)14-10-12-8-9-13(11-14)22(12)20(26)27-2/h4-7,12-14H,3,8-11H2,1-2H3. The summed E-state index contributed by atoms with van der Waals surface area (Å²) in [6.45, 7) is 1.87. The van der Waals surface area contributed by atoms with Crippen LogP contribution < -0.4 is 5.56 Å². The van der Waals surface area contributed by atoms with Gasteiger partial charge in [0.25, 0.3) is 5.56 Å². The first kappa shape index (κ1) is 18.5. The molecule has 2 atom stereocenters. The summed E-state index contributed by atoms with van der Waals surface area (Å²) >= 11 is 0. The number of benzene rings is 1. The number of carbonyl (C=O) groups is 2. The number of carbonyl (C=O) groups excluding carboxylic acids is 2. The van der Waals surface area contributed by atoms with Crippen molar-refractivity contribution in [1.29, 1.82) is 0 Å². The molecule has 0 saturated carbocycles. The molecule has 0 radical (unpaired) electrons. The maximum absolute atomic E-state index is 13.2. The lowest BCUT2D eigenvalue weighted by molar-refractivity contribution is 0.0516. The number of hydrogen-bond acceptors (Lipinski definition) is 6. The van der Waals surface area contributed by atoms with Crippen LogP contribution in [0.3, 0.4) is 0 Å². The highest BCUT2D eigenvalue weighted by Crippen LogP contribution is 2.41. The third-order valence-electron chi connectivity index (χ3n) is 5.72. The molecule has 2 bridgehead atoms. The molecule has 2 saturated heterocycles. The molecule has 2 aromatic rings. The van der Waals surface area contributed by atoms with Crippen LogP contribution in [0, 0.1) is 0 Å². The Morgan fingerprint density at radius 2 is 1.82 bits per heavy atom. The smallest absolute Gasteiger partial charge is 0.409 e. The van der Waals surface area contributed by atoms with Crippen LogP contribution >= 0.6 is 0 Å². The van der Waals surface area contributed by atoms with Crippen LogP contribution in [0.1, 0.15) is 49.1 Å². The second-order valence-corrected chi connectivity index (χ2v) is 7.23. The van der Waals surface area contributed by atoms with Gasteiger partial charge in [-0.1, -0.05) is 12.1 Å². The van der Waals surface area contributed by atoms with E-state index in [9.17, 15) is 14.4 Å². The van der Waals surface area contributed by atoms with Crippen molar-refractivity contribution in [1.82, 2.24) is 14.5 Å². The number of nitrogens with zero attached hydrogens (tertiary/aromatic N) is 3. The molecular formula is C20H23N3O5. The average Bonchev–Trinajstić information content (AvgIpc) is 2.96. The Balaban J connectivity index is 1.79. The highest BCUT2D eigenvalue weighted by molar-refractivity contribution is 5.89. The number of para-hydroxylation sites is 2. The highest BCUT2D eigenvalue weighted by atomic mass is 16.5. The molecular weight excluding hydrogens is 362 g/mol. The SMILES string of the molecule is CCOC(=O)c1nc2ccccc2n(C2CC3CCC(C2)N3C(=O)OC)c1=O. The number of amides is 1. The van der Waals surface area contributed by atoms with E-state index in [1.165, 1.54) is 7.11 Å². The van der Waals surface area contributed by atoms with Gasteiger partial charge in [-0.3, -0.25) is 4.79 Å². The minimum Gasteiger partial charge on any atom is -0.461 e. The fraction of sp³-hybridized carbons (Fsp3) is 0.500. The van der Waals surface area contributed by atoms with Gasteiger partial charge in [-0.15, -0.1) is 0 Å². The molecule has 1 aromatic carbocycles. The number of esters is 1. The Morgan fingerprint density at radius 3 is 2.46 bits per heavy atom. The minimum atomic E-state index is -0.707. The molecule has 8 nitrogen and oxygen atoms in total. The van der Waals surface area contributed by atoms with Crippen molar-refractivity contribution in [3.05, 3.63) is 40.3 Å². The predicted molar refractivity (Wildman–Crippen MR) is 101 cm³/mol. The Morgan fingerprint density at radius 1 is 1.14 bits per heavy atom. The molecule has 148 valence electrons. The largest absolute Gasteiger partial charge is 0.461 e. The van der Waals surface area contributed by atoms with E-state index in [-0.39, 0.29) is 36.5 Å². The Hall–Kier alpha value is -2.90. The molecule has 2 fully saturated rings. The molecule has 0 spiro atoms. The van der Waals surface area contributed by atoms with Gasteiger partial charge in [0.2, 0.25) is 5.69 Å². The quantitative estimate of drug-likeness (QED) is 0.754. The van der Waals surface area contributed by atoms with Gasteiger partial charge in [0, 0.05) is 18.1 Å². The van der Waals surface area contributed by atoms with Gasteiger partial charge in [0.05, 0.1) is 24.8 Å². The summed E-state index contributed by atoms with van der Waals surface area (Å²) in [5.74, 6) is -0.707. The minimum absolute atomic E-state index is 0.0288. The van der Waals surface area contributed by atoms with Gasteiger partial charge in [0.15, 0.2) is 0 Å². The number of ether oxygens (including phenoxy) is 2. The molecule has 0 N–H and O–H groups in total. The van der Waals surface area contributed by atoms with E-state index in [0.717, 1.165) is 12.8 Å². The summed E-state index contributed by atoms with van der Waals surface area (Å²) in [6, 6.07) is 7.23. The molecule has 8 heteroatoms. The second kappa shape index (κ2) is 7.26. The normalized spacial score (nSPS) is 23.6. The molecule has 3 heterocycles. The summed E-state index contributed by atoms with van der Waals surface area (Å²) in [5, 5.41) is 0. The summed E-state index contributed by atoms with van der Waals surface area (Å²) < 4.78 is 11.6. The van der Waals surface area contributed by atoms with Gasteiger partial charge in [-0.2, -0.15) is 0 Å². The van der Waals surface area contributed by atoms with Crippen molar-refractivity contribution in [2.24, 2.45) is 0 Å². The van der Waals surface area contributed by atoms with Crippen LogP contribution in [0.15, 0.2) is 29.1 Å². The van der Waals surface area contributed by atoms with Crippen molar-refractivity contribution < 1.29 is 19.1 Å². The van der Waals surface area contributed by atoms with Gasteiger partial charge >= 0.3 is 12.1 Å². The average molecular weight is 385 g/mol. The first-order chi connectivity index (χ1) is 13.5. The molecule has 1 amide bonds. The Labute approximate surface area is 162 Å². The number of fused-ring (bicyclic) bond motifs is 3. The zero-order chi connectivity index (χ0) is 19.8. The first-order valence-corrected chi connectivity index (χ1v) is 9.59. The summed E-state index contributed by atoms with van der Waals surface area (Å²) in [7, 11) is 1.39. The molecule has 1 aromatic heterocycles. The second-order valence-electron chi connectivity index (χ2n) is 7.23. The van der Waals surface area contributed by atoms with E-state index < -0.39 is 11.5 Å². The number of hydrogen-bond donors (Lipinski definition) is 0. The predicted octanol–water partition coefficient (Wildman–Crippen LogP) is 2.51. The van der Waals surface area contributed by atoms with Crippen LogP contribution in [-0.2, 0) is 9.47 Å². The van der Waals surface area contributed by atoms with Crippen molar-refractivity contribution in [2.75, 3.05) is 13.7 Å². The molecule has 28 heavy (non-hydrogen) atoms. The zero-order valence-corrected chi connectivity index (χ0v) is 16.0. The van der Waals surface area contributed by atoms with E-state index in [1.54, 1.807) is 22.5 Å². The lowest BCUT2D eigenvalue weighted by atomic mass is 9.97. The number of piperidine rings is 1. The third kappa shape index (κ3) is 2.93. The van der Waals surface area contributed by atoms with Crippen LogP contribution in [0.2, 0.25) is 0 Å². The van der Waals surface area contributed by atoms with Crippen molar-refractivity contribution in [2.45, 2.75) is 50.7 Å². The monoisotopic (exact) mass is 385 g/mol. The highest BCUT2D eigenvalue weighted by Gasteiger charge is 2.45. The number of rotatable bonds is 3. The van der Waals surface area contributed by atoms with Crippen molar-refractivity contribution >= 4 is 23.1 Å². The van der Waals surface area contributed by atoms with E-state index in [1.807, 2.05) is 18.2 Å². The molecule has 0 aliphatic carbocycles. The van der Waals surface area contributed by atoms with E-state index in [4.69, 9.17) is 9.47 Å². The van der Waals surface area contributed by atoms with Gasteiger partial charge < -0.3 is 18.9 Å². The Bertz CT molecular complexity index is 971. The summed E-state index contributed by atoms with van der Waals surface area (Å²) in [4.78, 5) is 43.7. The van der Waals surface area contributed by atoms with E-state index >= 15 is 0 Å². The van der Waals surface area contributed by atoms with E-state index in [2.05, 4.69) is 4.98 Å². The lowest BCUT2D eigenvalue weighted by Crippen LogP contribution is -2.48. The van der Waals surface area contributed by atoms with Crippen molar-refractivity contribution in [3.8, 4) is 0 Å². The van der Waals surface area contributed by atoms with E-state index in [0.29, 0.717) is 23.9 Å². The molecule has 4 rings (SSSR count). The fourth-order valence-electron chi connectivity index (χ4n) is 4.61. The van der Waals surface area contributed by atoms with Crippen LogP contribution in [0.25, 0.3) is 11.0 Å². The lowest BCUT2D eigenvalue weighted by Gasteiger charge is -2.38. The van der Waals surface area contributed by atoms with Crippen molar-refractivity contribution in [3.63, 3.8) is 0 Å². The van der Waals surface area contributed by atoms with Crippen LogP contribution in [0.5, 0.6) is 0 Å². The Kier molecular flexibility index (Phi) is 4.78. The first-order valence-electron chi connectivity index (χ1n) is 9.59. The number of methoxy groups -OCH3 is 1. The summed E-state index contributed by atoms with van der Waals surface area (Å²) in [5.41, 5.74) is 0.640. The molecule has 2 aliphatic rings. The number of aromatic nitrogens is 2. The van der Waals surface area contributed by atoms with Gasteiger partial charge in [-0.25, -0.2) is 14.6 Å². The third-order valence-corrected chi connectivity index (χ3v) is 5.72. The topological polar surface area (TPSA) is 90.7 Å². The maximum Gasteiger partial charge on any atom is 0.409 e.